The molecule has 5 aromatic carbocycles. The fraction of sp³-hybridized carbons (Fsp3) is 0.393. The van der Waals surface area contributed by atoms with Crippen LogP contribution in [0, 0.1) is 5.82 Å². The minimum atomic E-state index is -0.546. The Morgan fingerprint density at radius 1 is 0.485 bits per heavy atom. The summed E-state index contributed by atoms with van der Waals surface area (Å²) in [6.07, 6.45) is 9.37. The van der Waals surface area contributed by atoms with E-state index in [0.29, 0.717) is 50.4 Å². The van der Waals surface area contributed by atoms with Crippen LogP contribution in [0.1, 0.15) is 98.5 Å². The first-order chi connectivity index (χ1) is 33.3. The minimum Gasteiger partial charge on any atom is -0.363 e. The molecular formula is C56H64FN7O4. The molecule has 0 saturated carbocycles. The Bertz CT molecular complexity index is 2310. The molecule has 4 fully saturated rings. The third kappa shape index (κ3) is 11.1. The van der Waals surface area contributed by atoms with Crippen molar-refractivity contribution in [2.75, 3.05) is 54.8 Å². The Balaban J connectivity index is 0.831. The Kier molecular flexibility index (Phi) is 15.2. The molecule has 2 N–H and O–H groups in total. The summed E-state index contributed by atoms with van der Waals surface area (Å²) in [6, 6.07) is 40.0. The molecule has 0 spiro atoms. The van der Waals surface area contributed by atoms with E-state index in [-0.39, 0.29) is 29.4 Å². The van der Waals surface area contributed by atoms with Crippen LogP contribution in [0.5, 0.6) is 0 Å². The number of rotatable bonds is 15. The van der Waals surface area contributed by atoms with Crippen LogP contribution in [-0.4, -0.2) is 94.6 Å². The molecule has 0 aromatic heterocycles. The molecule has 0 bridgehead atoms. The number of halogens is 1. The van der Waals surface area contributed by atoms with E-state index in [2.05, 4.69) is 25.3 Å². The van der Waals surface area contributed by atoms with Crippen molar-refractivity contribution in [3.63, 3.8) is 0 Å². The summed E-state index contributed by atoms with van der Waals surface area (Å²) in [7, 11) is 0. The maximum atomic E-state index is 14.3. The molecular weight excluding hydrogens is 854 g/mol. The summed E-state index contributed by atoms with van der Waals surface area (Å²) in [6.45, 7) is 5.60. The first-order valence-electron chi connectivity index (χ1n) is 24.8. The molecule has 4 saturated heterocycles. The normalized spacial score (nSPS) is 19.8. The highest BCUT2D eigenvalue weighted by atomic mass is 19.1. The number of anilines is 3. The zero-order valence-electron chi connectivity index (χ0n) is 39.0. The average Bonchev–Trinajstić information content (AvgIpc) is 4.09. The van der Waals surface area contributed by atoms with Crippen molar-refractivity contribution in [2.45, 2.75) is 101 Å². The van der Waals surface area contributed by atoms with Gasteiger partial charge in [-0.3, -0.25) is 29.0 Å². The van der Waals surface area contributed by atoms with Crippen LogP contribution < -0.4 is 15.5 Å². The van der Waals surface area contributed by atoms with Gasteiger partial charge in [0, 0.05) is 43.2 Å². The fourth-order valence-electron chi connectivity index (χ4n) is 10.7. The van der Waals surface area contributed by atoms with Crippen LogP contribution in [0.2, 0.25) is 0 Å². The van der Waals surface area contributed by atoms with Gasteiger partial charge in [-0.1, -0.05) is 97.8 Å². The number of carbonyl (C=O) groups excluding carboxylic acids is 4. The van der Waals surface area contributed by atoms with E-state index in [9.17, 15) is 23.6 Å². The van der Waals surface area contributed by atoms with Crippen LogP contribution >= 0.6 is 0 Å². The Morgan fingerprint density at radius 2 is 0.882 bits per heavy atom. The summed E-state index contributed by atoms with van der Waals surface area (Å²) in [4.78, 5) is 66.7. The zero-order valence-corrected chi connectivity index (χ0v) is 39.0. The van der Waals surface area contributed by atoms with Crippen molar-refractivity contribution < 1.29 is 23.6 Å². The van der Waals surface area contributed by atoms with Gasteiger partial charge in [0.15, 0.2) is 0 Å². The second-order valence-corrected chi connectivity index (χ2v) is 18.9. The van der Waals surface area contributed by atoms with E-state index in [1.807, 2.05) is 109 Å². The molecule has 354 valence electrons. The van der Waals surface area contributed by atoms with Crippen molar-refractivity contribution >= 4 is 40.7 Å². The lowest BCUT2D eigenvalue weighted by molar-refractivity contribution is -0.142. The lowest BCUT2D eigenvalue weighted by Crippen LogP contribution is -2.49. The number of carbonyl (C=O) groups is 4. The lowest BCUT2D eigenvalue weighted by Gasteiger charge is -2.37. The van der Waals surface area contributed by atoms with Crippen molar-refractivity contribution in [2.24, 2.45) is 0 Å². The standard InChI is InChI=1S/C56H64FN7O4/c57-45-25-31-48(32-26-45)62(39-41-21-27-46(28-22-41)58-53(65)49-19-13-37-63(49)55(67)51(43-15-5-1-6-16-43)60-33-9-3-10-34-60)40-42-23-29-47(30-24-42)59-54(66)50-20-14-38-64(50)56(68)52(44-17-7-2-8-18-44)61-35-11-4-12-36-61/h1-2,5-8,15-18,21-32,49-52H,3-4,9-14,19-20,33-40H2,(H,58,65)(H,59,66)/t49?,50?,51-,52-/m1/s1. The SMILES string of the molecule is O=C(Nc1ccc(CN(Cc2ccc(NC(=O)C3CCCN3C(=O)[C@@H](c3ccccc3)N3CCCCC3)cc2)c2ccc(F)cc2)cc1)C1CCCN1C(=O)[C@@H](c1ccccc1)N1CCCCC1. The molecule has 68 heavy (non-hydrogen) atoms. The molecule has 4 aliphatic rings. The first-order valence-corrected chi connectivity index (χ1v) is 24.8. The molecule has 4 heterocycles. The van der Waals surface area contributed by atoms with E-state index < -0.39 is 24.2 Å². The van der Waals surface area contributed by atoms with E-state index in [1.54, 1.807) is 21.9 Å². The van der Waals surface area contributed by atoms with Gasteiger partial charge in [-0.15, -0.1) is 0 Å². The van der Waals surface area contributed by atoms with Crippen molar-refractivity contribution in [3.05, 3.63) is 162 Å². The highest BCUT2D eigenvalue weighted by Gasteiger charge is 2.41. The van der Waals surface area contributed by atoms with Crippen molar-refractivity contribution in [1.82, 2.24) is 19.6 Å². The Hall–Kier alpha value is -6.37. The van der Waals surface area contributed by atoms with Gasteiger partial charge in [0.2, 0.25) is 23.6 Å². The van der Waals surface area contributed by atoms with Gasteiger partial charge in [0.05, 0.1) is 0 Å². The molecule has 9 rings (SSSR count). The smallest absolute Gasteiger partial charge is 0.247 e. The van der Waals surface area contributed by atoms with Crippen LogP contribution in [-0.2, 0) is 32.3 Å². The summed E-state index contributed by atoms with van der Waals surface area (Å²) in [5.41, 5.74) is 6.08. The highest BCUT2D eigenvalue weighted by Crippen LogP contribution is 2.33. The number of likely N-dealkylation sites (tertiary alicyclic amines) is 4. The summed E-state index contributed by atoms with van der Waals surface area (Å²) in [5.74, 6) is -0.685. The lowest BCUT2D eigenvalue weighted by atomic mass is 10.00. The topological polar surface area (TPSA) is 109 Å². The predicted molar refractivity (Wildman–Crippen MR) is 265 cm³/mol. The third-order valence-electron chi connectivity index (χ3n) is 14.3. The summed E-state index contributed by atoms with van der Waals surface area (Å²) < 4.78 is 14.1. The van der Waals surface area contributed by atoms with Gasteiger partial charge < -0.3 is 25.3 Å². The van der Waals surface area contributed by atoms with Crippen LogP contribution in [0.4, 0.5) is 21.5 Å². The molecule has 5 aromatic rings. The number of benzene rings is 5. The predicted octanol–water partition coefficient (Wildman–Crippen LogP) is 9.35. The number of piperidine rings is 2. The summed E-state index contributed by atoms with van der Waals surface area (Å²) >= 11 is 0. The molecule has 4 aliphatic heterocycles. The maximum absolute atomic E-state index is 14.3. The molecule has 11 nitrogen and oxygen atoms in total. The zero-order chi connectivity index (χ0) is 46.8. The van der Waals surface area contributed by atoms with E-state index in [0.717, 1.165) is 92.6 Å². The van der Waals surface area contributed by atoms with E-state index >= 15 is 0 Å². The molecule has 4 atom stereocenters. The van der Waals surface area contributed by atoms with Gasteiger partial charge in [0.25, 0.3) is 0 Å². The monoisotopic (exact) mass is 918 g/mol. The first kappa shape index (κ1) is 46.7. The number of nitrogens with zero attached hydrogens (tertiary/aromatic N) is 5. The highest BCUT2D eigenvalue weighted by molar-refractivity contribution is 5.99. The van der Waals surface area contributed by atoms with Crippen LogP contribution in [0.15, 0.2) is 133 Å². The van der Waals surface area contributed by atoms with Crippen LogP contribution in [0.25, 0.3) is 0 Å². The largest absolute Gasteiger partial charge is 0.363 e. The van der Waals surface area contributed by atoms with Crippen molar-refractivity contribution in [1.29, 1.82) is 0 Å². The Morgan fingerprint density at radius 3 is 1.28 bits per heavy atom. The second kappa shape index (κ2) is 22.2. The van der Waals surface area contributed by atoms with Crippen LogP contribution in [0.3, 0.4) is 0 Å². The number of hydrogen-bond donors (Lipinski definition) is 2. The maximum Gasteiger partial charge on any atom is 0.247 e. The minimum absolute atomic E-state index is 0.00389. The fourth-order valence-corrected chi connectivity index (χ4v) is 10.7. The van der Waals surface area contributed by atoms with Gasteiger partial charge in [-0.05, 0) is 148 Å². The molecule has 0 aliphatic carbocycles. The van der Waals surface area contributed by atoms with E-state index in [1.165, 1.54) is 25.0 Å². The van der Waals surface area contributed by atoms with Gasteiger partial charge in [0.1, 0.15) is 30.0 Å². The van der Waals surface area contributed by atoms with Gasteiger partial charge >= 0.3 is 0 Å². The molecule has 4 amide bonds. The van der Waals surface area contributed by atoms with Crippen molar-refractivity contribution in [3.8, 4) is 0 Å². The average molecular weight is 918 g/mol. The quantitative estimate of drug-likeness (QED) is 0.108. The Labute approximate surface area is 400 Å². The number of amides is 4. The van der Waals surface area contributed by atoms with Gasteiger partial charge in [-0.25, -0.2) is 4.39 Å². The molecule has 12 heteroatoms. The third-order valence-corrected chi connectivity index (χ3v) is 14.3. The van der Waals surface area contributed by atoms with E-state index in [4.69, 9.17) is 0 Å². The number of nitrogens with one attached hydrogen (secondary N) is 2. The molecule has 0 radical (unpaired) electrons. The van der Waals surface area contributed by atoms with Gasteiger partial charge in [-0.2, -0.15) is 0 Å². The number of hydrogen-bond acceptors (Lipinski definition) is 7. The second-order valence-electron chi connectivity index (χ2n) is 18.9. The molecule has 2 unspecified atom stereocenters. The summed E-state index contributed by atoms with van der Waals surface area (Å²) in [5, 5.41) is 6.20.